The van der Waals surface area contributed by atoms with Crippen molar-refractivity contribution in [2.45, 2.75) is 53.6 Å². The molecule has 1 atom stereocenters. The van der Waals surface area contributed by atoms with E-state index in [9.17, 15) is 9.59 Å². The summed E-state index contributed by atoms with van der Waals surface area (Å²) in [5.74, 6) is -1.12. The number of hydrogen-bond acceptors (Lipinski definition) is 4. The highest BCUT2D eigenvalue weighted by atomic mass is 16.6. The van der Waals surface area contributed by atoms with Crippen molar-refractivity contribution in [2.24, 2.45) is 5.92 Å². The van der Waals surface area contributed by atoms with Crippen molar-refractivity contribution in [2.75, 3.05) is 6.61 Å². The first-order chi connectivity index (χ1) is 10.2. The van der Waals surface area contributed by atoms with Crippen LogP contribution in [0.2, 0.25) is 0 Å². The number of ether oxygens (including phenoxy) is 2. The van der Waals surface area contributed by atoms with Crippen LogP contribution in [-0.2, 0) is 24.7 Å². The monoisotopic (exact) mass is 306 g/mol. The summed E-state index contributed by atoms with van der Waals surface area (Å²) in [6.07, 6.45) is 0.682. The van der Waals surface area contributed by atoms with Gasteiger partial charge in [-0.3, -0.25) is 4.79 Å². The smallest absolute Gasteiger partial charge is 0.345 e. The van der Waals surface area contributed by atoms with Crippen molar-refractivity contribution in [3.8, 4) is 0 Å². The minimum Gasteiger partial charge on any atom is -0.453 e. The van der Waals surface area contributed by atoms with E-state index in [0.29, 0.717) is 6.42 Å². The molecule has 0 N–H and O–H groups in total. The average Bonchev–Trinajstić information content (AvgIpc) is 2.42. The number of rotatable bonds is 6. The van der Waals surface area contributed by atoms with Gasteiger partial charge in [-0.05, 0) is 39.7 Å². The molecule has 4 nitrogen and oxygen atoms in total. The van der Waals surface area contributed by atoms with Crippen molar-refractivity contribution >= 4 is 11.9 Å². The van der Waals surface area contributed by atoms with E-state index in [4.69, 9.17) is 9.47 Å². The lowest BCUT2D eigenvalue weighted by molar-refractivity contribution is -0.170. The minimum atomic E-state index is -0.767. The number of hydrogen-bond donors (Lipinski definition) is 0. The number of carbonyl (C=O) groups excluding carboxylic acids is 2. The van der Waals surface area contributed by atoms with Gasteiger partial charge in [0.25, 0.3) is 0 Å². The van der Waals surface area contributed by atoms with E-state index in [-0.39, 0.29) is 18.5 Å². The summed E-state index contributed by atoms with van der Waals surface area (Å²) < 4.78 is 10.5. The summed E-state index contributed by atoms with van der Waals surface area (Å²) in [6, 6.07) is 6.05. The van der Waals surface area contributed by atoms with Gasteiger partial charge in [0.1, 0.15) is 5.60 Å². The molecular formula is C18H26O4. The summed E-state index contributed by atoms with van der Waals surface area (Å²) in [5, 5.41) is 0. The Morgan fingerprint density at radius 3 is 2.18 bits per heavy atom. The van der Waals surface area contributed by atoms with Gasteiger partial charge in [-0.2, -0.15) is 0 Å². The van der Waals surface area contributed by atoms with E-state index < -0.39 is 11.6 Å². The van der Waals surface area contributed by atoms with Crippen LogP contribution in [-0.4, -0.2) is 18.5 Å². The third-order valence-electron chi connectivity index (χ3n) is 3.63. The number of esters is 2. The lowest BCUT2D eigenvalue weighted by atomic mass is 9.94. The standard InChI is InChI=1S/C18H26O4/c1-7-14(4)17(20)21-11-16(19)22-18(5,6)15-9-12(2)8-13(3)10-15/h8-10,14H,7,11H2,1-6H3. The molecule has 22 heavy (non-hydrogen) atoms. The molecule has 0 aliphatic rings. The van der Waals surface area contributed by atoms with Gasteiger partial charge in [-0.15, -0.1) is 0 Å². The Balaban J connectivity index is 2.67. The molecular weight excluding hydrogens is 280 g/mol. The predicted octanol–water partition coefficient (Wildman–Crippen LogP) is 3.67. The second-order valence-corrected chi connectivity index (χ2v) is 6.28. The molecule has 0 fully saturated rings. The van der Waals surface area contributed by atoms with Crippen LogP contribution in [0.3, 0.4) is 0 Å². The molecule has 0 aliphatic heterocycles. The van der Waals surface area contributed by atoms with Crippen LogP contribution in [0.25, 0.3) is 0 Å². The van der Waals surface area contributed by atoms with Crippen molar-refractivity contribution in [3.05, 3.63) is 34.9 Å². The third kappa shape index (κ3) is 5.17. The van der Waals surface area contributed by atoms with Gasteiger partial charge in [0.2, 0.25) is 0 Å². The Morgan fingerprint density at radius 1 is 1.14 bits per heavy atom. The zero-order chi connectivity index (χ0) is 16.9. The maximum atomic E-state index is 11.9. The van der Waals surface area contributed by atoms with Crippen molar-refractivity contribution in [1.82, 2.24) is 0 Å². The largest absolute Gasteiger partial charge is 0.453 e. The van der Waals surface area contributed by atoms with Crippen molar-refractivity contribution < 1.29 is 19.1 Å². The molecule has 0 heterocycles. The van der Waals surface area contributed by atoms with E-state index in [0.717, 1.165) is 16.7 Å². The maximum absolute atomic E-state index is 11.9. The predicted molar refractivity (Wildman–Crippen MR) is 85.4 cm³/mol. The second kappa shape index (κ2) is 7.43. The molecule has 0 radical (unpaired) electrons. The Labute approximate surface area is 132 Å². The number of aryl methyl sites for hydroxylation is 2. The van der Waals surface area contributed by atoms with Crippen LogP contribution in [0.1, 0.15) is 50.8 Å². The van der Waals surface area contributed by atoms with Crippen LogP contribution < -0.4 is 0 Å². The summed E-state index contributed by atoms with van der Waals surface area (Å²) in [5.41, 5.74) is 2.38. The van der Waals surface area contributed by atoms with E-state index in [1.54, 1.807) is 6.92 Å². The van der Waals surface area contributed by atoms with E-state index >= 15 is 0 Å². The molecule has 0 saturated heterocycles. The fourth-order valence-corrected chi connectivity index (χ4v) is 2.13. The molecule has 1 rings (SSSR count). The average molecular weight is 306 g/mol. The highest BCUT2D eigenvalue weighted by Crippen LogP contribution is 2.26. The molecule has 0 aromatic heterocycles. The summed E-state index contributed by atoms with van der Waals surface area (Å²) >= 11 is 0. The summed E-state index contributed by atoms with van der Waals surface area (Å²) in [7, 11) is 0. The van der Waals surface area contributed by atoms with Crippen molar-refractivity contribution in [3.63, 3.8) is 0 Å². The zero-order valence-corrected chi connectivity index (χ0v) is 14.4. The molecule has 1 aromatic rings. The molecule has 0 bridgehead atoms. The Morgan fingerprint density at radius 2 is 1.68 bits per heavy atom. The van der Waals surface area contributed by atoms with E-state index in [2.05, 4.69) is 6.07 Å². The zero-order valence-electron chi connectivity index (χ0n) is 14.4. The minimum absolute atomic E-state index is 0.208. The molecule has 0 aliphatic carbocycles. The maximum Gasteiger partial charge on any atom is 0.345 e. The van der Waals surface area contributed by atoms with Gasteiger partial charge in [0, 0.05) is 0 Å². The molecule has 0 spiro atoms. The van der Waals surface area contributed by atoms with Gasteiger partial charge >= 0.3 is 11.9 Å². The van der Waals surface area contributed by atoms with Gasteiger partial charge in [0.15, 0.2) is 6.61 Å². The van der Waals surface area contributed by atoms with Gasteiger partial charge < -0.3 is 9.47 Å². The van der Waals surface area contributed by atoms with Crippen molar-refractivity contribution in [1.29, 1.82) is 0 Å². The normalized spacial score (nSPS) is 12.6. The topological polar surface area (TPSA) is 52.6 Å². The Bertz CT molecular complexity index is 526. The second-order valence-electron chi connectivity index (χ2n) is 6.28. The quantitative estimate of drug-likeness (QED) is 0.752. The van der Waals surface area contributed by atoms with Crippen LogP contribution in [0.5, 0.6) is 0 Å². The summed E-state index contributed by atoms with van der Waals surface area (Å²) in [6.45, 7) is 11.0. The van der Waals surface area contributed by atoms with Gasteiger partial charge in [-0.1, -0.05) is 43.2 Å². The Hall–Kier alpha value is -1.84. The lowest BCUT2D eigenvalue weighted by Crippen LogP contribution is -2.29. The van der Waals surface area contributed by atoms with Gasteiger partial charge in [-0.25, -0.2) is 4.79 Å². The lowest BCUT2D eigenvalue weighted by Gasteiger charge is -2.26. The fourth-order valence-electron chi connectivity index (χ4n) is 2.13. The van der Waals surface area contributed by atoms with E-state index in [1.165, 1.54) is 0 Å². The van der Waals surface area contributed by atoms with Gasteiger partial charge in [0.05, 0.1) is 5.92 Å². The first-order valence-electron chi connectivity index (χ1n) is 7.63. The molecule has 122 valence electrons. The SMILES string of the molecule is CCC(C)C(=O)OCC(=O)OC(C)(C)c1cc(C)cc(C)c1. The molecule has 0 saturated carbocycles. The molecule has 1 aromatic carbocycles. The Kier molecular flexibility index (Phi) is 6.15. The number of carbonyl (C=O) groups is 2. The summed E-state index contributed by atoms with van der Waals surface area (Å²) in [4.78, 5) is 23.5. The van der Waals surface area contributed by atoms with E-state index in [1.807, 2.05) is 46.8 Å². The molecule has 0 amide bonds. The third-order valence-corrected chi connectivity index (χ3v) is 3.63. The van der Waals surface area contributed by atoms with Crippen LogP contribution in [0.4, 0.5) is 0 Å². The molecule has 1 unspecified atom stereocenters. The van der Waals surface area contributed by atoms with Crippen LogP contribution in [0.15, 0.2) is 18.2 Å². The molecule has 4 heteroatoms. The first kappa shape index (κ1) is 18.2. The first-order valence-corrected chi connectivity index (χ1v) is 7.63. The van der Waals surface area contributed by atoms with Crippen LogP contribution >= 0.6 is 0 Å². The number of benzene rings is 1. The van der Waals surface area contributed by atoms with Crippen LogP contribution in [0, 0.1) is 19.8 Å². The fraction of sp³-hybridized carbons (Fsp3) is 0.556. The highest BCUT2D eigenvalue weighted by molar-refractivity contribution is 5.77. The highest BCUT2D eigenvalue weighted by Gasteiger charge is 2.26.